The predicted molar refractivity (Wildman–Crippen MR) is 64.7 cm³/mol. The van der Waals surface area contributed by atoms with Crippen LogP contribution in [0.2, 0.25) is 0 Å². The van der Waals surface area contributed by atoms with Crippen LogP contribution in [-0.2, 0) is 14.0 Å². The van der Waals surface area contributed by atoms with Crippen molar-refractivity contribution in [3.63, 3.8) is 0 Å². The first-order chi connectivity index (χ1) is 8.33. The predicted octanol–water partition coefficient (Wildman–Crippen LogP) is 1.08. The third kappa shape index (κ3) is 4.22. The van der Waals surface area contributed by atoms with Gasteiger partial charge >= 0.3 is 21.2 Å². The zero-order valence-electron chi connectivity index (χ0n) is 9.14. The highest BCUT2D eigenvalue weighted by atomic mass is 35.7. The minimum atomic E-state index is -4.19. The topological polar surface area (TPSA) is 102 Å². The molecular weight excluding hydrogens is 284 g/mol. The minimum Gasteiger partial charge on any atom is -0.465 e. The summed E-state index contributed by atoms with van der Waals surface area (Å²) in [4.78, 5) is 22.6. The Hall–Kier alpha value is -1.80. The van der Waals surface area contributed by atoms with Crippen LogP contribution < -0.4 is 10.0 Å². The van der Waals surface area contributed by atoms with Gasteiger partial charge in [-0.1, -0.05) is 12.1 Å². The Morgan fingerprint density at radius 2 is 1.89 bits per heavy atom. The third-order valence-corrected chi connectivity index (χ3v) is 2.46. The molecule has 0 aliphatic carbocycles. The monoisotopic (exact) mass is 292 g/mol. The molecule has 1 aromatic carbocycles. The number of carbonyl (C=O) groups is 2. The highest BCUT2D eigenvalue weighted by Crippen LogP contribution is 2.15. The van der Waals surface area contributed by atoms with Gasteiger partial charge in [0.1, 0.15) is 0 Å². The normalized spacial score (nSPS) is 10.6. The van der Waals surface area contributed by atoms with E-state index in [9.17, 15) is 18.0 Å². The van der Waals surface area contributed by atoms with Crippen LogP contribution >= 0.6 is 10.7 Å². The summed E-state index contributed by atoms with van der Waals surface area (Å²) in [5.41, 5.74) is 0.185. The van der Waals surface area contributed by atoms with Crippen LogP contribution in [0.25, 0.3) is 0 Å². The number of methoxy groups -OCH3 is 1. The van der Waals surface area contributed by atoms with Gasteiger partial charge in [-0.15, -0.1) is 0 Å². The molecule has 1 aromatic rings. The van der Waals surface area contributed by atoms with Gasteiger partial charge in [-0.25, -0.2) is 14.3 Å². The zero-order chi connectivity index (χ0) is 13.8. The third-order valence-electron chi connectivity index (χ3n) is 1.80. The second-order valence-corrected chi connectivity index (χ2v) is 5.33. The van der Waals surface area contributed by atoms with E-state index in [2.05, 4.69) is 10.1 Å². The molecule has 7 nitrogen and oxygen atoms in total. The van der Waals surface area contributed by atoms with E-state index < -0.39 is 21.2 Å². The Bertz CT molecular complexity index is 572. The van der Waals surface area contributed by atoms with Crippen LogP contribution in [0.5, 0.6) is 0 Å². The maximum Gasteiger partial charge on any atom is 0.339 e. The highest BCUT2D eigenvalue weighted by Gasteiger charge is 2.15. The van der Waals surface area contributed by atoms with Gasteiger partial charge in [0.05, 0.1) is 18.4 Å². The van der Waals surface area contributed by atoms with Crippen LogP contribution in [-0.4, -0.2) is 27.5 Å². The molecule has 2 N–H and O–H groups in total. The number of urea groups is 1. The van der Waals surface area contributed by atoms with Gasteiger partial charge in [-0.3, -0.25) is 0 Å². The number of nitrogens with one attached hydrogen (secondary N) is 2. The van der Waals surface area contributed by atoms with E-state index in [0.29, 0.717) is 0 Å². The van der Waals surface area contributed by atoms with Gasteiger partial charge in [0.15, 0.2) is 0 Å². The van der Waals surface area contributed by atoms with Crippen LogP contribution in [0.15, 0.2) is 24.3 Å². The molecule has 0 spiro atoms. The van der Waals surface area contributed by atoms with Gasteiger partial charge in [0, 0.05) is 10.7 Å². The summed E-state index contributed by atoms with van der Waals surface area (Å²) in [5, 5.41) is 2.17. The lowest BCUT2D eigenvalue weighted by atomic mass is 10.2. The lowest BCUT2D eigenvalue weighted by Gasteiger charge is -2.09. The molecule has 2 amide bonds. The van der Waals surface area contributed by atoms with Crippen molar-refractivity contribution >= 4 is 37.6 Å². The molecule has 0 saturated carbocycles. The smallest absolute Gasteiger partial charge is 0.339 e. The Morgan fingerprint density at radius 1 is 1.28 bits per heavy atom. The van der Waals surface area contributed by atoms with E-state index in [4.69, 9.17) is 10.7 Å². The van der Waals surface area contributed by atoms with Gasteiger partial charge < -0.3 is 10.1 Å². The standard InChI is InChI=1S/C9H9ClN2O5S/c1-17-8(13)6-4-2-3-5-7(6)11-9(14)12-18(10,15)16/h2-5H,1H3,(H2,11,12,14). The maximum absolute atomic E-state index is 11.4. The molecule has 0 heterocycles. The summed E-state index contributed by atoms with van der Waals surface area (Å²) in [5.74, 6) is -0.667. The molecule has 0 aliphatic heterocycles. The van der Waals surface area contributed by atoms with Crippen LogP contribution in [0.4, 0.5) is 10.5 Å². The molecule has 18 heavy (non-hydrogen) atoms. The molecule has 0 bridgehead atoms. The molecule has 0 atom stereocenters. The number of benzene rings is 1. The van der Waals surface area contributed by atoms with E-state index in [1.54, 1.807) is 12.1 Å². The fourth-order valence-corrected chi connectivity index (χ4v) is 1.62. The molecule has 1 rings (SSSR count). The lowest BCUT2D eigenvalue weighted by molar-refractivity contribution is 0.0602. The number of amides is 2. The fraction of sp³-hybridized carbons (Fsp3) is 0.111. The molecule has 0 aliphatic rings. The van der Waals surface area contributed by atoms with Gasteiger partial charge in [-0.2, -0.15) is 8.42 Å². The van der Waals surface area contributed by atoms with Crippen molar-refractivity contribution in [3.05, 3.63) is 29.8 Å². The van der Waals surface area contributed by atoms with E-state index in [1.807, 2.05) is 0 Å². The number of esters is 1. The second-order valence-electron chi connectivity index (χ2n) is 3.03. The number of hydrogen-bond donors (Lipinski definition) is 2. The SMILES string of the molecule is COC(=O)c1ccccc1NC(=O)NS(=O)(=O)Cl. The van der Waals surface area contributed by atoms with Crippen molar-refractivity contribution in [2.75, 3.05) is 12.4 Å². The van der Waals surface area contributed by atoms with Gasteiger partial charge in [0.2, 0.25) is 0 Å². The van der Waals surface area contributed by atoms with E-state index in [0.717, 1.165) is 0 Å². The number of rotatable bonds is 3. The van der Waals surface area contributed by atoms with Gasteiger partial charge in [-0.05, 0) is 12.1 Å². The molecule has 0 unspecified atom stereocenters. The quantitative estimate of drug-likeness (QED) is 0.641. The molecule has 0 fully saturated rings. The van der Waals surface area contributed by atoms with Crippen LogP contribution in [0.1, 0.15) is 10.4 Å². The number of anilines is 1. The minimum absolute atomic E-state index is 0.0853. The Balaban J connectivity index is 2.91. The highest BCUT2D eigenvalue weighted by molar-refractivity contribution is 8.12. The van der Waals surface area contributed by atoms with Crippen molar-refractivity contribution in [2.45, 2.75) is 0 Å². The fourth-order valence-electron chi connectivity index (χ4n) is 1.14. The summed E-state index contributed by atoms with van der Waals surface area (Å²) in [7, 11) is 1.83. The van der Waals surface area contributed by atoms with Crippen molar-refractivity contribution < 1.29 is 22.7 Å². The number of halogens is 1. The second kappa shape index (κ2) is 5.69. The van der Waals surface area contributed by atoms with E-state index in [-0.39, 0.29) is 11.3 Å². The summed E-state index contributed by atoms with van der Waals surface area (Å²) >= 11 is 0. The Morgan fingerprint density at radius 3 is 2.44 bits per heavy atom. The Labute approximate surface area is 108 Å². The molecule has 98 valence electrons. The zero-order valence-corrected chi connectivity index (χ0v) is 10.7. The van der Waals surface area contributed by atoms with Crippen molar-refractivity contribution in [1.29, 1.82) is 0 Å². The molecular formula is C9H9ClN2O5S. The summed E-state index contributed by atoms with van der Waals surface area (Å²) in [6.45, 7) is 0. The number of ether oxygens (including phenoxy) is 1. The van der Waals surface area contributed by atoms with E-state index >= 15 is 0 Å². The molecule has 0 saturated heterocycles. The van der Waals surface area contributed by atoms with Crippen LogP contribution in [0.3, 0.4) is 0 Å². The molecule has 9 heteroatoms. The summed E-state index contributed by atoms with van der Waals surface area (Å²) in [6.07, 6.45) is 0. The summed E-state index contributed by atoms with van der Waals surface area (Å²) < 4.78 is 27.2. The molecule has 0 radical (unpaired) electrons. The lowest BCUT2D eigenvalue weighted by Crippen LogP contribution is -2.31. The largest absolute Gasteiger partial charge is 0.465 e. The van der Waals surface area contributed by atoms with Crippen molar-refractivity contribution in [3.8, 4) is 0 Å². The number of carbonyl (C=O) groups excluding carboxylic acids is 2. The van der Waals surface area contributed by atoms with Gasteiger partial charge in [0.25, 0.3) is 0 Å². The molecule has 0 aromatic heterocycles. The first-order valence-electron chi connectivity index (χ1n) is 4.54. The first-order valence-corrected chi connectivity index (χ1v) is 6.85. The Kier molecular flexibility index (Phi) is 4.51. The van der Waals surface area contributed by atoms with Crippen molar-refractivity contribution in [2.24, 2.45) is 0 Å². The van der Waals surface area contributed by atoms with E-state index in [1.165, 1.54) is 24.0 Å². The average molecular weight is 293 g/mol. The number of para-hydroxylation sites is 1. The maximum atomic E-state index is 11.4. The van der Waals surface area contributed by atoms with Crippen LogP contribution in [0, 0.1) is 0 Å². The number of hydrogen-bond acceptors (Lipinski definition) is 5. The average Bonchev–Trinajstić information content (AvgIpc) is 2.26. The van der Waals surface area contributed by atoms with Crippen molar-refractivity contribution in [1.82, 2.24) is 4.72 Å². The summed E-state index contributed by atoms with van der Waals surface area (Å²) in [6, 6.07) is 4.86. The first kappa shape index (κ1) is 14.3.